The fourth-order valence-corrected chi connectivity index (χ4v) is 2.42. The molecule has 3 rings (SSSR count). The number of rotatable bonds is 4. The second kappa shape index (κ2) is 8.71. The molecule has 0 aliphatic carbocycles. The molecule has 27 heavy (non-hydrogen) atoms. The molecule has 0 spiro atoms. The van der Waals surface area contributed by atoms with Crippen molar-refractivity contribution in [1.29, 1.82) is 0 Å². The maximum atomic E-state index is 14.0. The molecule has 0 atom stereocenters. The molecular weight excluding hydrogens is 343 g/mol. The Morgan fingerprint density at radius 2 is 1.85 bits per heavy atom. The smallest absolute Gasteiger partial charge is 0.257 e. The van der Waals surface area contributed by atoms with Gasteiger partial charge in [0.2, 0.25) is 5.96 Å². The molecule has 0 fully saturated rings. The van der Waals surface area contributed by atoms with Crippen LogP contribution >= 0.6 is 0 Å². The van der Waals surface area contributed by atoms with E-state index in [2.05, 4.69) is 20.6 Å². The van der Waals surface area contributed by atoms with Gasteiger partial charge in [0.05, 0.1) is 12.2 Å². The van der Waals surface area contributed by atoms with Crippen LogP contribution in [0.15, 0.2) is 78.0 Å². The predicted octanol–water partition coefficient (Wildman–Crippen LogP) is 3.93. The third-order valence-corrected chi connectivity index (χ3v) is 3.81. The van der Waals surface area contributed by atoms with Crippen LogP contribution in [0.3, 0.4) is 0 Å². The number of halogens is 1. The summed E-state index contributed by atoms with van der Waals surface area (Å²) in [6, 6.07) is 17.1. The summed E-state index contributed by atoms with van der Waals surface area (Å²) in [6.07, 6.45) is 3.33. The van der Waals surface area contributed by atoms with Gasteiger partial charge in [-0.1, -0.05) is 29.8 Å². The van der Waals surface area contributed by atoms with E-state index >= 15 is 0 Å². The van der Waals surface area contributed by atoms with Crippen LogP contribution in [-0.4, -0.2) is 16.9 Å². The Morgan fingerprint density at radius 1 is 1.07 bits per heavy atom. The molecule has 1 heterocycles. The zero-order valence-electron chi connectivity index (χ0n) is 14.8. The van der Waals surface area contributed by atoms with Gasteiger partial charge in [0, 0.05) is 18.0 Å². The average Bonchev–Trinajstić information content (AvgIpc) is 2.68. The zero-order valence-corrected chi connectivity index (χ0v) is 14.8. The first kappa shape index (κ1) is 18.3. The molecule has 0 saturated heterocycles. The highest BCUT2D eigenvalue weighted by Gasteiger charge is 2.11. The molecule has 136 valence electrons. The number of hydrogen-bond donors (Lipinski definition) is 2. The minimum absolute atomic E-state index is 0.170. The summed E-state index contributed by atoms with van der Waals surface area (Å²) in [5, 5.41) is 5.58. The molecule has 6 heteroatoms. The normalized spacial score (nSPS) is 11.1. The van der Waals surface area contributed by atoms with Crippen LogP contribution in [-0.2, 0) is 6.54 Å². The van der Waals surface area contributed by atoms with Crippen LogP contribution in [0, 0.1) is 12.7 Å². The second-order valence-corrected chi connectivity index (χ2v) is 5.95. The van der Waals surface area contributed by atoms with E-state index < -0.39 is 5.82 Å². The summed E-state index contributed by atoms with van der Waals surface area (Å²) in [5.41, 5.74) is 2.63. The minimum atomic E-state index is -0.432. The van der Waals surface area contributed by atoms with E-state index in [1.807, 2.05) is 31.2 Å². The molecule has 0 bridgehead atoms. The molecule has 2 aromatic carbocycles. The van der Waals surface area contributed by atoms with Crippen molar-refractivity contribution in [1.82, 2.24) is 10.3 Å². The lowest BCUT2D eigenvalue weighted by atomic mass is 10.1. The van der Waals surface area contributed by atoms with Gasteiger partial charge in [0.25, 0.3) is 5.91 Å². The highest BCUT2D eigenvalue weighted by Crippen LogP contribution is 2.12. The summed E-state index contributed by atoms with van der Waals surface area (Å²) in [5.74, 6) is -0.585. The van der Waals surface area contributed by atoms with Crippen molar-refractivity contribution in [2.24, 2.45) is 4.99 Å². The molecule has 0 unspecified atom stereocenters. The van der Waals surface area contributed by atoms with Crippen molar-refractivity contribution in [2.75, 3.05) is 5.32 Å². The van der Waals surface area contributed by atoms with E-state index in [9.17, 15) is 9.18 Å². The minimum Gasteiger partial charge on any atom is -0.323 e. The number of para-hydroxylation sites is 1. The van der Waals surface area contributed by atoms with Crippen LogP contribution in [0.4, 0.5) is 10.1 Å². The van der Waals surface area contributed by atoms with Crippen LogP contribution < -0.4 is 10.6 Å². The third kappa shape index (κ3) is 5.22. The van der Waals surface area contributed by atoms with Gasteiger partial charge in [0.15, 0.2) is 0 Å². The average molecular weight is 362 g/mol. The lowest BCUT2D eigenvalue weighted by Crippen LogP contribution is -2.36. The number of aliphatic imine (C=N–C) groups is 1. The summed E-state index contributed by atoms with van der Waals surface area (Å²) in [6.45, 7) is 2.22. The standard InChI is InChI=1S/C21H19FN4O/c1-15-5-4-6-17(13-15)20(27)26-21(24-14-16-9-11-23-12-10-16)25-19-8-3-2-7-18(19)22/h2-13H,14H2,1H3,(H2,24,25,26,27). The number of aryl methyl sites for hydroxylation is 1. The fraction of sp³-hybridized carbons (Fsp3) is 0.0952. The molecule has 0 saturated carbocycles. The topological polar surface area (TPSA) is 66.4 Å². The molecule has 5 nitrogen and oxygen atoms in total. The van der Waals surface area contributed by atoms with Gasteiger partial charge in [-0.3, -0.25) is 15.1 Å². The maximum absolute atomic E-state index is 14.0. The van der Waals surface area contributed by atoms with Crippen LogP contribution in [0.5, 0.6) is 0 Å². The van der Waals surface area contributed by atoms with Crippen molar-refractivity contribution in [3.8, 4) is 0 Å². The zero-order chi connectivity index (χ0) is 19.1. The number of guanidine groups is 1. The van der Waals surface area contributed by atoms with E-state index in [0.717, 1.165) is 11.1 Å². The van der Waals surface area contributed by atoms with Gasteiger partial charge < -0.3 is 5.32 Å². The molecular formula is C21H19FN4O. The fourth-order valence-electron chi connectivity index (χ4n) is 2.42. The van der Waals surface area contributed by atoms with Crippen LogP contribution in [0.1, 0.15) is 21.5 Å². The van der Waals surface area contributed by atoms with Gasteiger partial charge >= 0.3 is 0 Å². The van der Waals surface area contributed by atoms with Gasteiger partial charge in [-0.25, -0.2) is 9.38 Å². The van der Waals surface area contributed by atoms with E-state index in [1.54, 1.807) is 42.7 Å². The molecule has 1 aromatic heterocycles. The summed E-state index contributed by atoms with van der Waals surface area (Å²) >= 11 is 0. The molecule has 1 amide bonds. The lowest BCUT2D eigenvalue weighted by Gasteiger charge is -2.13. The van der Waals surface area contributed by atoms with Crippen LogP contribution in [0.25, 0.3) is 0 Å². The van der Waals surface area contributed by atoms with Gasteiger partial charge in [0.1, 0.15) is 5.82 Å². The summed E-state index contributed by atoms with van der Waals surface area (Å²) in [4.78, 5) is 20.9. The Hall–Kier alpha value is -3.54. The van der Waals surface area contributed by atoms with Crippen molar-refractivity contribution in [3.05, 3.63) is 95.6 Å². The lowest BCUT2D eigenvalue weighted by molar-refractivity contribution is 0.0977. The Bertz CT molecular complexity index is 957. The molecule has 0 aliphatic rings. The first-order valence-corrected chi connectivity index (χ1v) is 8.45. The Balaban J connectivity index is 1.82. The highest BCUT2D eigenvalue weighted by molar-refractivity contribution is 6.10. The first-order chi connectivity index (χ1) is 13.1. The third-order valence-electron chi connectivity index (χ3n) is 3.81. The number of hydrogen-bond acceptors (Lipinski definition) is 3. The van der Waals surface area contributed by atoms with E-state index in [1.165, 1.54) is 6.07 Å². The number of aromatic nitrogens is 1. The van der Waals surface area contributed by atoms with Gasteiger partial charge in [-0.05, 0) is 48.9 Å². The van der Waals surface area contributed by atoms with Crippen molar-refractivity contribution < 1.29 is 9.18 Å². The summed E-state index contributed by atoms with van der Waals surface area (Å²) < 4.78 is 14.0. The summed E-state index contributed by atoms with van der Waals surface area (Å²) in [7, 11) is 0. The quantitative estimate of drug-likeness (QED) is 0.546. The SMILES string of the molecule is Cc1cccc(C(=O)NC(=NCc2ccncc2)Nc2ccccc2F)c1. The number of nitrogens with one attached hydrogen (secondary N) is 2. The first-order valence-electron chi connectivity index (χ1n) is 8.45. The largest absolute Gasteiger partial charge is 0.323 e. The van der Waals surface area contributed by atoms with Crippen LogP contribution in [0.2, 0.25) is 0 Å². The number of benzene rings is 2. The molecule has 0 radical (unpaired) electrons. The second-order valence-electron chi connectivity index (χ2n) is 5.95. The van der Waals surface area contributed by atoms with E-state index in [-0.39, 0.29) is 17.6 Å². The van der Waals surface area contributed by atoms with Crippen molar-refractivity contribution in [3.63, 3.8) is 0 Å². The number of pyridine rings is 1. The van der Waals surface area contributed by atoms with E-state index in [0.29, 0.717) is 12.1 Å². The molecule has 3 aromatic rings. The number of nitrogens with zero attached hydrogens (tertiary/aromatic N) is 2. The monoisotopic (exact) mass is 362 g/mol. The predicted molar refractivity (Wildman–Crippen MR) is 104 cm³/mol. The van der Waals surface area contributed by atoms with Gasteiger partial charge in [-0.15, -0.1) is 0 Å². The number of carbonyl (C=O) groups excluding carboxylic acids is 1. The Labute approximate surface area is 157 Å². The van der Waals surface area contributed by atoms with Crippen molar-refractivity contribution >= 4 is 17.6 Å². The van der Waals surface area contributed by atoms with E-state index in [4.69, 9.17) is 0 Å². The van der Waals surface area contributed by atoms with Crippen molar-refractivity contribution in [2.45, 2.75) is 13.5 Å². The Kier molecular flexibility index (Phi) is 5.89. The van der Waals surface area contributed by atoms with Gasteiger partial charge in [-0.2, -0.15) is 0 Å². The number of carbonyl (C=O) groups is 1. The number of anilines is 1. The molecule has 2 N–H and O–H groups in total. The maximum Gasteiger partial charge on any atom is 0.257 e. The molecule has 0 aliphatic heterocycles. The Morgan fingerprint density at radius 3 is 2.59 bits per heavy atom. The number of amides is 1. The highest BCUT2D eigenvalue weighted by atomic mass is 19.1.